The SMILES string of the molecule is CN(C)CCCOc1ccc2c(NCCc3cnc(NC(=O)Nc4ccccc4)s3)c(C#N)cnc2c1. The minimum Gasteiger partial charge on any atom is -0.493 e. The third-order valence-electron chi connectivity index (χ3n) is 5.46. The van der Waals surface area contributed by atoms with E-state index in [2.05, 4.69) is 36.9 Å². The van der Waals surface area contributed by atoms with Crippen LogP contribution in [-0.2, 0) is 6.42 Å². The number of para-hydroxylation sites is 1. The highest BCUT2D eigenvalue weighted by Crippen LogP contribution is 2.29. The topological polar surface area (TPSA) is 115 Å². The van der Waals surface area contributed by atoms with Crippen molar-refractivity contribution in [2.24, 2.45) is 0 Å². The first-order valence-corrected chi connectivity index (χ1v) is 12.8. The van der Waals surface area contributed by atoms with Crippen LogP contribution in [0.4, 0.5) is 21.3 Å². The quantitative estimate of drug-likeness (QED) is 0.235. The number of nitrogens with zero attached hydrogens (tertiary/aromatic N) is 4. The molecule has 190 valence electrons. The lowest BCUT2D eigenvalue weighted by atomic mass is 10.1. The van der Waals surface area contributed by atoms with E-state index in [0.29, 0.717) is 36.0 Å². The van der Waals surface area contributed by atoms with Crippen molar-refractivity contribution < 1.29 is 9.53 Å². The number of carbonyl (C=O) groups is 1. The van der Waals surface area contributed by atoms with Crippen LogP contribution in [0, 0.1) is 11.3 Å². The average Bonchev–Trinajstić information content (AvgIpc) is 3.33. The molecule has 0 radical (unpaired) electrons. The second-order valence-corrected chi connectivity index (χ2v) is 9.71. The highest BCUT2D eigenvalue weighted by atomic mass is 32.1. The van der Waals surface area contributed by atoms with Crippen LogP contribution in [0.25, 0.3) is 10.9 Å². The van der Waals surface area contributed by atoms with E-state index in [1.807, 2.05) is 62.6 Å². The molecule has 0 aliphatic rings. The zero-order valence-electron chi connectivity index (χ0n) is 20.8. The van der Waals surface area contributed by atoms with Crippen molar-refractivity contribution in [2.45, 2.75) is 12.8 Å². The lowest BCUT2D eigenvalue weighted by Crippen LogP contribution is -2.19. The molecule has 0 aliphatic heterocycles. The number of nitriles is 1. The van der Waals surface area contributed by atoms with Gasteiger partial charge in [-0.1, -0.05) is 18.2 Å². The Bertz CT molecular complexity index is 1380. The van der Waals surface area contributed by atoms with Crippen molar-refractivity contribution in [3.8, 4) is 11.8 Å². The van der Waals surface area contributed by atoms with E-state index in [4.69, 9.17) is 4.74 Å². The van der Waals surface area contributed by atoms with E-state index in [1.54, 1.807) is 12.4 Å². The van der Waals surface area contributed by atoms with Crippen molar-refractivity contribution in [1.82, 2.24) is 14.9 Å². The van der Waals surface area contributed by atoms with Gasteiger partial charge in [0.2, 0.25) is 0 Å². The zero-order chi connectivity index (χ0) is 26.0. The maximum atomic E-state index is 12.2. The summed E-state index contributed by atoms with van der Waals surface area (Å²) in [6.07, 6.45) is 4.95. The molecule has 3 N–H and O–H groups in total. The predicted molar refractivity (Wildman–Crippen MR) is 149 cm³/mol. The standard InChI is InChI=1S/C27H29N7O2S/c1-34(2)13-6-14-36-21-9-10-23-24(15-21)30-17-19(16-28)25(23)29-12-11-22-18-31-27(37-22)33-26(35)32-20-7-4-3-5-8-20/h3-5,7-10,15,17-18H,6,11-14H2,1-2H3,(H,29,30)(H2,31,32,33,35). The Kier molecular flexibility index (Phi) is 8.86. The Morgan fingerprint density at radius 1 is 1.11 bits per heavy atom. The Hall–Kier alpha value is -4.20. The molecule has 4 aromatic rings. The van der Waals surface area contributed by atoms with Gasteiger partial charge in [-0.3, -0.25) is 10.3 Å². The fourth-order valence-corrected chi connectivity index (χ4v) is 4.49. The molecule has 2 aromatic heterocycles. The molecule has 4 rings (SSSR count). The number of ether oxygens (including phenoxy) is 1. The van der Waals surface area contributed by atoms with E-state index in [0.717, 1.165) is 40.2 Å². The highest BCUT2D eigenvalue weighted by molar-refractivity contribution is 7.15. The number of amides is 2. The van der Waals surface area contributed by atoms with Crippen molar-refractivity contribution in [3.05, 3.63) is 71.4 Å². The van der Waals surface area contributed by atoms with E-state index in [9.17, 15) is 10.1 Å². The number of anilines is 3. The summed E-state index contributed by atoms with van der Waals surface area (Å²) in [5, 5.41) is 19.9. The van der Waals surface area contributed by atoms with Gasteiger partial charge in [-0.15, -0.1) is 11.3 Å². The van der Waals surface area contributed by atoms with E-state index < -0.39 is 0 Å². The van der Waals surface area contributed by atoms with Crippen LogP contribution in [0.5, 0.6) is 5.75 Å². The van der Waals surface area contributed by atoms with Gasteiger partial charge in [0.05, 0.1) is 23.4 Å². The number of rotatable bonds is 11. The van der Waals surface area contributed by atoms with Crippen molar-refractivity contribution in [3.63, 3.8) is 0 Å². The molecular weight excluding hydrogens is 486 g/mol. The van der Waals surface area contributed by atoms with Gasteiger partial charge in [0.1, 0.15) is 11.8 Å². The largest absolute Gasteiger partial charge is 0.493 e. The summed E-state index contributed by atoms with van der Waals surface area (Å²) in [5.41, 5.74) is 2.70. The van der Waals surface area contributed by atoms with Gasteiger partial charge in [0.15, 0.2) is 5.13 Å². The van der Waals surface area contributed by atoms with Gasteiger partial charge in [0.25, 0.3) is 0 Å². The molecule has 10 heteroatoms. The van der Waals surface area contributed by atoms with Crippen molar-refractivity contribution in [2.75, 3.05) is 49.7 Å². The molecule has 9 nitrogen and oxygen atoms in total. The van der Waals surface area contributed by atoms with Crippen LogP contribution in [0.15, 0.2) is 60.9 Å². The van der Waals surface area contributed by atoms with Crippen molar-refractivity contribution >= 4 is 44.8 Å². The molecule has 2 amide bonds. The minimum absolute atomic E-state index is 0.340. The molecular formula is C27H29N7O2S. The van der Waals surface area contributed by atoms with Crippen LogP contribution in [0.2, 0.25) is 0 Å². The molecule has 37 heavy (non-hydrogen) atoms. The zero-order valence-corrected chi connectivity index (χ0v) is 21.6. The Balaban J connectivity index is 1.34. The maximum absolute atomic E-state index is 12.2. The Morgan fingerprint density at radius 3 is 2.73 bits per heavy atom. The van der Waals surface area contributed by atoms with Crippen LogP contribution < -0.4 is 20.7 Å². The summed E-state index contributed by atoms with van der Waals surface area (Å²) in [6.45, 7) is 2.18. The van der Waals surface area contributed by atoms with Gasteiger partial charge in [-0.25, -0.2) is 9.78 Å². The van der Waals surface area contributed by atoms with E-state index in [-0.39, 0.29) is 6.03 Å². The van der Waals surface area contributed by atoms with Crippen LogP contribution >= 0.6 is 11.3 Å². The first-order valence-electron chi connectivity index (χ1n) is 11.9. The highest BCUT2D eigenvalue weighted by Gasteiger charge is 2.11. The third kappa shape index (κ3) is 7.39. The monoisotopic (exact) mass is 515 g/mol. The number of thiazole rings is 1. The minimum atomic E-state index is -0.340. The maximum Gasteiger partial charge on any atom is 0.325 e. The molecule has 0 bridgehead atoms. The smallest absolute Gasteiger partial charge is 0.325 e. The molecule has 0 unspecified atom stereocenters. The normalized spacial score (nSPS) is 10.8. The summed E-state index contributed by atoms with van der Waals surface area (Å²) >= 11 is 1.41. The number of pyridine rings is 1. The molecule has 2 heterocycles. The number of hydrogen-bond acceptors (Lipinski definition) is 8. The molecule has 0 atom stereocenters. The summed E-state index contributed by atoms with van der Waals surface area (Å²) in [6, 6.07) is 16.9. The predicted octanol–water partition coefficient (Wildman–Crippen LogP) is 5.19. The Morgan fingerprint density at radius 2 is 1.95 bits per heavy atom. The fourth-order valence-electron chi connectivity index (χ4n) is 3.68. The van der Waals surface area contributed by atoms with E-state index in [1.165, 1.54) is 11.3 Å². The summed E-state index contributed by atoms with van der Waals surface area (Å²) < 4.78 is 5.87. The van der Waals surface area contributed by atoms with Gasteiger partial charge < -0.3 is 20.3 Å². The van der Waals surface area contributed by atoms with Crippen molar-refractivity contribution in [1.29, 1.82) is 5.26 Å². The first kappa shape index (κ1) is 25.9. The fraction of sp³-hybridized carbons (Fsp3) is 0.259. The average molecular weight is 516 g/mol. The second-order valence-electron chi connectivity index (χ2n) is 8.60. The number of nitrogens with one attached hydrogen (secondary N) is 3. The van der Waals surface area contributed by atoms with Gasteiger partial charge in [0, 0.05) is 53.9 Å². The molecule has 0 spiro atoms. The molecule has 2 aromatic carbocycles. The molecule has 0 fully saturated rings. The summed E-state index contributed by atoms with van der Waals surface area (Å²) in [7, 11) is 4.08. The second kappa shape index (κ2) is 12.7. The van der Waals surface area contributed by atoms with Crippen LogP contribution in [-0.4, -0.2) is 54.7 Å². The lowest BCUT2D eigenvalue weighted by Gasteiger charge is -2.13. The van der Waals surface area contributed by atoms with Gasteiger partial charge in [-0.05, 0) is 44.8 Å². The number of aromatic nitrogens is 2. The van der Waals surface area contributed by atoms with Crippen LogP contribution in [0.3, 0.4) is 0 Å². The van der Waals surface area contributed by atoms with Gasteiger partial charge in [-0.2, -0.15) is 5.26 Å². The number of benzene rings is 2. The van der Waals surface area contributed by atoms with Crippen LogP contribution in [0.1, 0.15) is 16.9 Å². The number of hydrogen-bond donors (Lipinski definition) is 3. The molecule has 0 saturated carbocycles. The lowest BCUT2D eigenvalue weighted by molar-refractivity contribution is 0.262. The van der Waals surface area contributed by atoms with Gasteiger partial charge >= 0.3 is 6.03 Å². The number of carbonyl (C=O) groups excluding carboxylic acids is 1. The molecule has 0 aliphatic carbocycles. The van der Waals surface area contributed by atoms with E-state index >= 15 is 0 Å². The summed E-state index contributed by atoms with van der Waals surface area (Å²) in [4.78, 5) is 24.1. The summed E-state index contributed by atoms with van der Waals surface area (Å²) in [5.74, 6) is 0.760. The molecule has 0 saturated heterocycles. The first-order chi connectivity index (χ1) is 18.0. The number of urea groups is 1. The number of fused-ring (bicyclic) bond motifs is 1. The Labute approximate surface area is 220 Å². The third-order valence-corrected chi connectivity index (χ3v) is 6.43.